The van der Waals surface area contributed by atoms with E-state index < -0.39 is 37.2 Å². The minimum atomic E-state index is -4.41. The Labute approximate surface area is 138 Å². The average Bonchev–Trinajstić information content (AvgIpc) is 2.50. The van der Waals surface area contributed by atoms with Crippen LogP contribution in [0.1, 0.15) is 19.4 Å². The van der Waals surface area contributed by atoms with Crippen molar-refractivity contribution in [3.05, 3.63) is 35.9 Å². The molecule has 1 rings (SSSR count). The molecule has 24 heavy (non-hydrogen) atoms. The molecule has 0 aliphatic carbocycles. The Kier molecular flexibility index (Phi) is 7.70. The predicted octanol–water partition coefficient (Wildman–Crippen LogP) is 2.02. The van der Waals surface area contributed by atoms with Crippen molar-refractivity contribution in [3.8, 4) is 0 Å². The Morgan fingerprint density at radius 3 is 2.33 bits per heavy atom. The van der Waals surface area contributed by atoms with E-state index in [0.717, 1.165) is 5.56 Å². The van der Waals surface area contributed by atoms with Crippen molar-refractivity contribution in [2.75, 3.05) is 13.1 Å². The fourth-order valence-electron chi connectivity index (χ4n) is 1.92. The molecule has 0 aliphatic heterocycles. The van der Waals surface area contributed by atoms with Gasteiger partial charge in [0.1, 0.15) is 13.2 Å². The summed E-state index contributed by atoms with van der Waals surface area (Å²) >= 11 is 0. The smallest absolute Gasteiger partial charge is 0.401 e. The Bertz CT molecular complexity index is 533. The van der Waals surface area contributed by atoms with Crippen LogP contribution < -0.4 is 10.6 Å². The molecular weight excluding hydrogens is 325 g/mol. The minimum absolute atomic E-state index is 0.0650. The van der Waals surface area contributed by atoms with Crippen molar-refractivity contribution in [1.82, 2.24) is 10.6 Å². The first-order chi connectivity index (χ1) is 11.2. The van der Waals surface area contributed by atoms with E-state index in [-0.39, 0.29) is 12.5 Å². The van der Waals surface area contributed by atoms with E-state index in [1.54, 1.807) is 38.1 Å². The van der Waals surface area contributed by atoms with Gasteiger partial charge in [0.15, 0.2) is 0 Å². The summed E-state index contributed by atoms with van der Waals surface area (Å²) in [6.07, 6.45) is -4.41. The van der Waals surface area contributed by atoms with E-state index in [2.05, 4.69) is 10.6 Å². The molecule has 0 saturated carbocycles. The monoisotopic (exact) mass is 346 g/mol. The van der Waals surface area contributed by atoms with Crippen molar-refractivity contribution >= 4 is 11.9 Å². The number of carbonyl (C=O) groups excluding carboxylic acids is 2. The number of hydrogen-bond donors (Lipinski definition) is 2. The molecule has 0 fully saturated rings. The predicted molar refractivity (Wildman–Crippen MR) is 81.9 cm³/mol. The highest BCUT2D eigenvalue weighted by atomic mass is 19.4. The molecular formula is C16H21F3N2O3. The second-order valence-electron chi connectivity index (χ2n) is 5.58. The van der Waals surface area contributed by atoms with Crippen LogP contribution in [0.2, 0.25) is 0 Å². The molecule has 1 amide bonds. The van der Waals surface area contributed by atoms with Crippen LogP contribution in [0.5, 0.6) is 0 Å². The zero-order chi connectivity index (χ0) is 18.2. The van der Waals surface area contributed by atoms with E-state index in [4.69, 9.17) is 4.74 Å². The zero-order valence-corrected chi connectivity index (χ0v) is 13.5. The molecule has 1 aromatic carbocycles. The number of amides is 1. The third kappa shape index (κ3) is 7.96. The lowest BCUT2D eigenvalue weighted by molar-refractivity contribution is -0.146. The maximum atomic E-state index is 12.3. The minimum Gasteiger partial charge on any atom is -0.460 e. The molecule has 134 valence electrons. The third-order valence-electron chi connectivity index (χ3n) is 3.12. The molecule has 1 aromatic rings. The molecule has 5 nitrogen and oxygen atoms in total. The topological polar surface area (TPSA) is 67.4 Å². The van der Waals surface area contributed by atoms with Gasteiger partial charge in [-0.25, -0.2) is 0 Å². The number of nitrogens with one attached hydrogen (secondary N) is 2. The van der Waals surface area contributed by atoms with Crippen LogP contribution in [0.4, 0.5) is 13.2 Å². The summed E-state index contributed by atoms with van der Waals surface area (Å²) < 4.78 is 41.7. The van der Waals surface area contributed by atoms with E-state index in [9.17, 15) is 22.8 Å². The standard InChI is InChI=1S/C16H21F3N2O3/c1-11(2)14(21-10-16(17,18)19)15(23)20-8-13(22)24-9-12-6-4-3-5-7-12/h3-7,11,14,21H,8-10H2,1-2H3,(H,20,23). The molecule has 1 unspecified atom stereocenters. The maximum Gasteiger partial charge on any atom is 0.401 e. The number of esters is 1. The highest BCUT2D eigenvalue weighted by Crippen LogP contribution is 2.14. The molecule has 8 heteroatoms. The van der Waals surface area contributed by atoms with Crippen molar-refractivity contribution in [1.29, 1.82) is 0 Å². The van der Waals surface area contributed by atoms with Gasteiger partial charge >= 0.3 is 12.1 Å². The van der Waals surface area contributed by atoms with Crippen molar-refractivity contribution < 1.29 is 27.5 Å². The van der Waals surface area contributed by atoms with E-state index in [1.807, 2.05) is 6.07 Å². The molecule has 0 heterocycles. The summed E-state index contributed by atoms with van der Waals surface area (Å²) in [6.45, 7) is 1.61. The number of hydrogen-bond acceptors (Lipinski definition) is 4. The summed E-state index contributed by atoms with van der Waals surface area (Å²) in [5.74, 6) is -1.70. The fourth-order valence-corrected chi connectivity index (χ4v) is 1.92. The molecule has 0 aliphatic rings. The normalized spacial score (nSPS) is 12.8. The number of ether oxygens (including phenoxy) is 1. The number of halogens is 3. The number of rotatable bonds is 8. The summed E-state index contributed by atoms with van der Waals surface area (Å²) in [6, 6.07) is 7.93. The van der Waals surface area contributed by atoms with Crippen LogP contribution in [0.15, 0.2) is 30.3 Å². The molecule has 0 saturated heterocycles. The summed E-state index contributed by atoms with van der Waals surface area (Å²) in [7, 11) is 0. The molecule has 0 bridgehead atoms. The summed E-state index contributed by atoms with van der Waals surface area (Å²) in [5, 5.41) is 4.44. The lowest BCUT2D eigenvalue weighted by Gasteiger charge is -2.22. The molecule has 0 radical (unpaired) electrons. The van der Waals surface area contributed by atoms with Gasteiger partial charge in [0.25, 0.3) is 0 Å². The van der Waals surface area contributed by atoms with Crippen LogP contribution in [0.25, 0.3) is 0 Å². The Hall–Kier alpha value is -2.09. The fraction of sp³-hybridized carbons (Fsp3) is 0.500. The van der Waals surface area contributed by atoms with Crippen LogP contribution in [0, 0.1) is 5.92 Å². The lowest BCUT2D eigenvalue weighted by Crippen LogP contribution is -2.51. The second-order valence-corrected chi connectivity index (χ2v) is 5.58. The number of carbonyl (C=O) groups is 2. The van der Waals surface area contributed by atoms with Gasteiger partial charge in [0.05, 0.1) is 12.6 Å². The first kappa shape index (κ1) is 20.0. The molecule has 2 N–H and O–H groups in total. The largest absolute Gasteiger partial charge is 0.460 e. The van der Waals surface area contributed by atoms with Gasteiger partial charge in [-0.05, 0) is 11.5 Å². The Balaban J connectivity index is 2.39. The van der Waals surface area contributed by atoms with Crippen LogP contribution >= 0.6 is 0 Å². The third-order valence-corrected chi connectivity index (χ3v) is 3.12. The van der Waals surface area contributed by atoms with Crippen LogP contribution in [0.3, 0.4) is 0 Å². The van der Waals surface area contributed by atoms with Crippen molar-refractivity contribution in [3.63, 3.8) is 0 Å². The maximum absolute atomic E-state index is 12.3. The van der Waals surface area contributed by atoms with Crippen molar-refractivity contribution in [2.24, 2.45) is 5.92 Å². The highest BCUT2D eigenvalue weighted by molar-refractivity contribution is 5.85. The first-order valence-corrected chi connectivity index (χ1v) is 7.46. The van der Waals surface area contributed by atoms with Crippen LogP contribution in [-0.4, -0.2) is 37.2 Å². The van der Waals surface area contributed by atoms with E-state index in [0.29, 0.717) is 0 Å². The quantitative estimate of drug-likeness (QED) is 0.707. The van der Waals surface area contributed by atoms with Gasteiger partial charge in [-0.2, -0.15) is 13.2 Å². The SMILES string of the molecule is CC(C)C(NCC(F)(F)F)C(=O)NCC(=O)OCc1ccccc1. The summed E-state index contributed by atoms with van der Waals surface area (Å²) in [5.41, 5.74) is 0.795. The Morgan fingerprint density at radius 2 is 1.79 bits per heavy atom. The average molecular weight is 346 g/mol. The zero-order valence-electron chi connectivity index (χ0n) is 13.5. The number of benzene rings is 1. The van der Waals surface area contributed by atoms with Crippen LogP contribution in [-0.2, 0) is 20.9 Å². The van der Waals surface area contributed by atoms with E-state index in [1.165, 1.54) is 0 Å². The van der Waals surface area contributed by atoms with Gasteiger partial charge < -0.3 is 10.1 Å². The lowest BCUT2D eigenvalue weighted by atomic mass is 10.0. The second kappa shape index (κ2) is 9.27. The molecule has 0 aromatic heterocycles. The first-order valence-electron chi connectivity index (χ1n) is 7.46. The highest BCUT2D eigenvalue weighted by Gasteiger charge is 2.31. The molecule has 0 spiro atoms. The van der Waals surface area contributed by atoms with Gasteiger partial charge in [-0.3, -0.25) is 14.9 Å². The van der Waals surface area contributed by atoms with Gasteiger partial charge in [-0.1, -0.05) is 44.2 Å². The summed E-state index contributed by atoms with van der Waals surface area (Å²) in [4.78, 5) is 23.5. The molecule has 1 atom stereocenters. The van der Waals surface area contributed by atoms with Gasteiger partial charge in [0, 0.05) is 0 Å². The van der Waals surface area contributed by atoms with Gasteiger partial charge in [-0.15, -0.1) is 0 Å². The number of alkyl halides is 3. The van der Waals surface area contributed by atoms with Gasteiger partial charge in [0.2, 0.25) is 5.91 Å². The van der Waals surface area contributed by atoms with Crippen molar-refractivity contribution in [2.45, 2.75) is 32.7 Å². The van der Waals surface area contributed by atoms with E-state index >= 15 is 0 Å². The Morgan fingerprint density at radius 1 is 1.17 bits per heavy atom.